The quantitative estimate of drug-likeness (QED) is 0.727. The van der Waals surface area contributed by atoms with Gasteiger partial charge in [0.2, 0.25) is 0 Å². The van der Waals surface area contributed by atoms with E-state index in [9.17, 15) is 9.59 Å². The Morgan fingerprint density at radius 2 is 1.88 bits per heavy atom. The molecule has 0 unspecified atom stereocenters. The molecule has 0 aliphatic heterocycles. The van der Waals surface area contributed by atoms with Gasteiger partial charge in [-0.25, -0.2) is 4.79 Å². The molecule has 0 aliphatic rings. The van der Waals surface area contributed by atoms with Crippen molar-refractivity contribution in [1.82, 2.24) is 10.3 Å². The minimum absolute atomic E-state index is 0.198. The molecule has 25 heavy (non-hydrogen) atoms. The lowest BCUT2D eigenvalue weighted by Crippen LogP contribution is -2.31. The van der Waals surface area contributed by atoms with Gasteiger partial charge < -0.3 is 10.1 Å². The fourth-order valence-corrected chi connectivity index (χ4v) is 2.69. The van der Waals surface area contributed by atoms with Gasteiger partial charge in [0, 0.05) is 12.4 Å². The van der Waals surface area contributed by atoms with Crippen LogP contribution in [0.2, 0.25) is 0 Å². The fraction of sp³-hybridized carbons (Fsp3) is 0.150. The highest BCUT2D eigenvalue weighted by molar-refractivity contribution is 5.91. The molecule has 1 aromatic heterocycles. The Balaban J connectivity index is 1.61. The zero-order chi connectivity index (χ0) is 17.6. The first-order valence-electron chi connectivity index (χ1n) is 7.99. The summed E-state index contributed by atoms with van der Waals surface area (Å²) in [6.07, 6.45) is 2.97. The second-order valence-electron chi connectivity index (χ2n) is 5.68. The topological polar surface area (TPSA) is 68.3 Å². The smallest absolute Gasteiger partial charge is 0.340 e. The summed E-state index contributed by atoms with van der Waals surface area (Å²) < 4.78 is 5.02. The van der Waals surface area contributed by atoms with Crippen molar-refractivity contribution in [3.63, 3.8) is 0 Å². The number of aromatic nitrogens is 1. The molecule has 0 saturated carbocycles. The maximum absolute atomic E-state index is 12.1. The van der Waals surface area contributed by atoms with E-state index in [0.29, 0.717) is 5.56 Å². The fourth-order valence-electron chi connectivity index (χ4n) is 2.69. The zero-order valence-corrected chi connectivity index (χ0v) is 13.8. The number of nitrogens with one attached hydrogen (secondary N) is 1. The summed E-state index contributed by atoms with van der Waals surface area (Å²) in [4.78, 5) is 27.8. The molecule has 1 heterocycles. The van der Waals surface area contributed by atoms with Gasteiger partial charge in [0.1, 0.15) is 0 Å². The number of hydrogen-bond donors (Lipinski definition) is 1. The lowest BCUT2D eigenvalue weighted by Gasteiger charge is -2.16. The van der Waals surface area contributed by atoms with Crippen molar-refractivity contribution < 1.29 is 14.3 Å². The second-order valence-corrected chi connectivity index (χ2v) is 5.68. The number of hydrogen-bond acceptors (Lipinski definition) is 4. The molecule has 1 amide bonds. The molecule has 0 fully saturated rings. The number of rotatable bonds is 5. The number of pyridine rings is 1. The van der Waals surface area contributed by atoms with Crippen molar-refractivity contribution in [3.8, 4) is 0 Å². The van der Waals surface area contributed by atoms with E-state index in [1.807, 2.05) is 49.4 Å². The molecular formula is C20H18N2O3. The summed E-state index contributed by atoms with van der Waals surface area (Å²) in [7, 11) is 0. The summed E-state index contributed by atoms with van der Waals surface area (Å²) in [6, 6.07) is 17.0. The highest BCUT2D eigenvalue weighted by Crippen LogP contribution is 2.23. The Labute approximate surface area is 145 Å². The summed E-state index contributed by atoms with van der Waals surface area (Å²) in [6.45, 7) is 1.57. The first kappa shape index (κ1) is 16.6. The third-order valence-electron chi connectivity index (χ3n) is 3.90. The van der Waals surface area contributed by atoms with E-state index in [-0.39, 0.29) is 18.6 Å². The van der Waals surface area contributed by atoms with Crippen LogP contribution in [0.25, 0.3) is 10.8 Å². The average Bonchev–Trinajstić information content (AvgIpc) is 2.66. The van der Waals surface area contributed by atoms with Crippen LogP contribution in [0.15, 0.2) is 67.0 Å². The van der Waals surface area contributed by atoms with Crippen LogP contribution >= 0.6 is 0 Å². The Kier molecular flexibility index (Phi) is 5.04. The van der Waals surface area contributed by atoms with Crippen molar-refractivity contribution >= 4 is 22.6 Å². The molecule has 5 heteroatoms. The summed E-state index contributed by atoms with van der Waals surface area (Å²) in [5, 5.41) is 5.07. The molecule has 126 valence electrons. The molecule has 0 spiro atoms. The van der Waals surface area contributed by atoms with Gasteiger partial charge in [-0.05, 0) is 35.4 Å². The number of benzene rings is 2. The normalized spacial score (nSPS) is 11.7. The molecular weight excluding hydrogens is 316 g/mol. The van der Waals surface area contributed by atoms with Gasteiger partial charge >= 0.3 is 5.97 Å². The Morgan fingerprint density at radius 1 is 1.08 bits per heavy atom. The predicted molar refractivity (Wildman–Crippen MR) is 95.0 cm³/mol. The van der Waals surface area contributed by atoms with Gasteiger partial charge in [-0.3, -0.25) is 9.78 Å². The maximum Gasteiger partial charge on any atom is 0.340 e. The molecule has 0 aliphatic carbocycles. The van der Waals surface area contributed by atoms with Crippen molar-refractivity contribution in [2.45, 2.75) is 13.0 Å². The van der Waals surface area contributed by atoms with Crippen molar-refractivity contribution in [1.29, 1.82) is 0 Å². The first-order chi connectivity index (χ1) is 12.1. The molecule has 2 aromatic carbocycles. The number of esters is 1. The number of fused-ring (bicyclic) bond motifs is 1. The van der Waals surface area contributed by atoms with Gasteiger partial charge in [0.05, 0.1) is 11.6 Å². The van der Waals surface area contributed by atoms with Crippen LogP contribution in [0.4, 0.5) is 0 Å². The molecule has 3 aromatic rings. The number of carbonyl (C=O) groups is 2. The van der Waals surface area contributed by atoms with Crippen LogP contribution in [0.1, 0.15) is 28.9 Å². The molecule has 1 N–H and O–H groups in total. The third kappa shape index (κ3) is 4.01. The Hall–Kier alpha value is -3.21. The zero-order valence-electron chi connectivity index (χ0n) is 13.8. The second kappa shape index (κ2) is 7.57. The number of nitrogens with zero attached hydrogens (tertiary/aromatic N) is 1. The minimum Gasteiger partial charge on any atom is -0.452 e. The number of carbonyl (C=O) groups excluding carboxylic acids is 2. The largest absolute Gasteiger partial charge is 0.452 e. The van der Waals surface area contributed by atoms with Gasteiger partial charge in [-0.1, -0.05) is 42.5 Å². The first-order valence-corrected chi connectivity index (χ1v) is 7.99. The Bertz CT molecular complexity index is 888. The van der Waals surface area contributed by atoms with Crippen LogP contribution in [0.5, 0.6) is 0 Å². The molecule has 0 bridgehead atoms. The van der Waals surface area contributed by atoms with E-state index >= 15 is 0 Å². The lowest BCUT2D eigenvalue weighted by molar-refractivity contribution is -0.124. The van der Waals surface area contributed by atoms with Crippen LogP contribution < -0.4 is 5.32 Å². The van der Waals surface area contributed by atoms with E-state index in [0.717, 1.165) is 16.3 Å². The molecule has 5 nitrogen and oxygen atoms in total. The maximum atomic E-state index is 12.1. The summed E-state index contributed by atoms with van der Waals surface area (Å²) in [5.74, 6) is -0.918. The number of amides is 1. The van der Waals surface area contributed by atoms with Crippen molar-refractivity contribution in [3.05, 3.63) is 78.1 Å². The van der Waals surface area contributed by atoms with E-state index in [1.165, 1.54) is 6.20 Å². The molecule has 0 radical (unpaired) electrons. The van der Waals surface area contributed by atoms with E-state index in [2.05, 4.69) is 10.3 Å². The lowest BCUT2D eigenvalue weighted by atomic mass is 10.00. The van der Waals surface area contributed by atoms with Gasteiger partial charge in [0.25, 0.3) is 5.91 Å². The highest BCUT2D eigenvalue weighted by Gasteiger charge is 2.14. The van der Waals surface area contributed by atoms with Crippen LogP contribution in [0, 0.1) is 0 Å². The molecule has 3 rings (SSSR count). The molecule has 0 saturated heterocycles. The predicted octanol–water partition coefficient (Wildman–Crippen LogP) is 3.27. The van der Waals surface area contributed by atoms with Gasteiger partial charge in [-0.2, -0.15) is 0 Å². The third-order valence-corrected chi connectivity index (χ3v) is 3.90. The van der Waals surface area contributed by atoms with Crippen LogP contribution in [-0.4, -0.2) is 23.5 Å². The van der Waals surface area contributed by atoms with E-state index in [1.54, 1.807) is 18.3 Å². The van der Waals surface area contributed by atoms with Crippen LogP contribution in [0.3, 0.4) is 0 Å². The van der Waals surface area contributed by atoms with Crippen molar-refractivity contribution in [2.24, 2.45) is 0 Å². The molecule has 1 atom stereocenters. The summed E-state index contributed by atoms with van der Waals surface area (Å²) in [5.41, 5.74) is 1.34. The van der Waals surface area contributed by atoms with E-state index < -0.39 is 5.97 Å². The average molecular weight is 334 g/mol. The SMILES string of the molecule is C[C@H](NC(=O)COC(=O)c1cccnc1)c1cccc2ccccc12. The standard InChI is InChI=1S/C20H18N2O3/c1-14(17-10-4-7-15-6-2-3-9-18(15)17)22-19(23)13-25-20(24)16-8-5-11-21-12-16/h2-12,14H,13H2,1H3,(H,22,23)/t14-/m0/s1. The van der Waals surface area contributed by atoms with Crippen LogP contribution in [-0.2, 0) is 9.53 Å². The van der Waals surface area contributed by atoms with Gasteiger partial charge in [0.15, 0.2) is 6.61 Å². The van der Waals surface area contributed by atoms with Gasteiger partial charge in [-0.15, -0.1) is 0 Å². The minimum atomic E-state index is -0.568. The van der Waals surface area contributed by atoms with E-state index in [4.69, 9.17) is 4.74 Å². The van der Waals surface area contributed by atoms with Crippen molar-refractivity contribution in [2.75, 3.05) is 6.61 Å². The number of ether oxygens (including phenoxy) is 1. The monoisotopic (exact) mass is 334 g/mol. The highest BCUT2D eigenvalue weighted by atomic mass is 16.5. The summed E-state index contributed by atoms with van der Waals surface area (Å²) >= 11 is 0. The Morgan fingerprint density at radius 3 is 2.68 bits per heavy atom.